The first-order valence-corrected chi connectivity index (χ1v) is 11.5. The molecule has 0 spiro atoms. The molecule has 0 nitrogen and oxygen atoms in total. The Balaban J connectivity index is 4.80. The molecule has 0 radical (unpaired) electrons. The van der Waals surface area contributed by atoms with Crippen LogP contribution in [0.3, 0.4) is 0 Å². The molecule has 0 aromatic rings. The molecule has 0 aliphatic heterocycles. The van der Waals surface area contributed by atoms with Gasteiger partial charge in [-0.1, -0.05) is 0 Å². The Hall–Kier alpha value is 0.832. The minimum atomic E-state index is -1.07. The van der Waals surface area contributed by atoms with E-state index in [-0.39, 0.29) is 0 Å². The first-order valence-electron chi connectivity index (χ1n) is 6.03. The molecule has 15 heavy (non-hydrogen) atoms. The molecule has 0 saturated heterocycles. The summed E-state index contributed by atoms with van der Waals surface area (Å²) in [6.07, 6.45) is 4.57. The molecule has 0 bridgehead atoms. The number of hydrogen-bond donors (Lipinski definition) is 0. The van der Waals surface area contributed by atoms with E-state index in [4.69, 9.17) is 0 Å². The Kier molecular flexibility index (Phi) is 7.62. The zero-order chi connectivity index (χ0) is 12.1. The van der Waals surface area contributed by atoms with Gasteiger partial charge < -0.3 is 0 Å². The molecule has 2 heteroatoms. The van der Waals surface area contributed by atoms with Crippen LogP contribution in [-0.2, 0) is 17.5 Å². The van der Waals surface area contributed by atoms with Crippen molar-refractivity contribution < 1.29 is 17.5 Å². The second kappa shape index (κ2) is 7.22. The summed E-state index contributed by atoms with van der Waals surface area (Å²) in [6.45, 7) is 16.9. The zero-order valence-electron chi connectivity index (χ0n) is 11.4. The van der Waals surface area contributed by atoms with Crippen LogP contribution >= 0.6 is 5.45 Å². The van der Waals surface area contributed by atoms with Gasteiger partial charge in [-0.25, -0.2) is 0 Å². The summed E-state index contributed by atoms with van der Waals surface area (Å²) in [7, 11) is 0. The van der Waals surface area contributed by atoms with E-state index in [0.29, 0.717) is 0 Å². The van der Waals surface area contributed by atoms with Crippen LogP contribution < -0.4 is 0 Å². The van der Waals surface area contributed by atoms with E-state index in [1.165, 1.54) is 4.89 Å². The second-order valence-corrected chi connectivity index (χ2v) is 16.6. The molecule has 0 aliphatic rings. The van der Waals surface area contributed by atoms with Crippen LogP contribution in [0.2, 0.25) is 4.89 Å². The van der Waals surface area contributed by atoms with E-state index in [1.807, 2.05) is 0 Å². The van der Waals surface area contributed by atoms with Gasteiger partial charge in [-0.2, -0.15) is 0 Å². The van der Waals surface area contributed by atoms with Gasteiger partial charge in [-0.05, 0) is 0 Å². The average Bonchev–Trinajstić information content (AvgIpc) is 2.10. The fraction of sp³-hybridized carbons (Fsp3) is 0.846. The first kappa shape index (κ1) is 15.8. The third kappa shape index (κ3) is 3.96. The number of rotatable bonds is 6. The molecule has 0 N–H and O–H groups in total. The van der Waals surface area contributed by atoms with Crippen LogP contribution in [0.4, 0.5) is 0 Å². The van der Waals surface area contributed by atoms with Crippen LogP contribution in [0, 0.1) is 0 Å². The third-order valence-corrected chi connectivity index (χ3v) is 21.0. The molecule has 0 aromatic heterocycles. The van der Waals surface area contributed by atoms with Gasteiger partial charge in [-0.15, -0.1) is 0 Å². The maximum absolute atomic E-state index is 2.46. The summed E-state index contributed by atoms with van der Waals surface area (Å²) < 4.78 is 0. The van der Waals surface area contributed by atoms with Crippen molar-refractivity contribution >= 4 is 5.45 Å². The van der Waals surface area contributed by atoms with Crippen LogP contribution in [0.25, 0.3) is 0 Å². The van der Waals surface area contributed by atoms with Gasteiger partial charge in [0.15, 0.2) is 0 Å². The van der Waals surface area contributed by atoms with Gasteiger partial charge in [-0.3, -0.25) is 0 Å². The molecule has 0 heterocycles. The van der Waals surface area contributed by atoms with Crippen LogP contribution in [-0.4, -0.2) is 17.0 Å². The molecule has 0 rings (SSSR count). The fourth-order valence-corrected chi connectivity index (χ4v) is 16.0. The van der Waals surface area contributed by atoms with Crippen molar-refractivity contribution in [1.29, 1.82) is 0 Å². The Morgan fingerprint density at radius 1 is 0.933 bits per heavy atom. The van der Waals surface area contributed by atoms with Crippen molar-refractivity contribution in [1.82, 2.24) is 0 Å². The average molecular weight is 323 g/mol. The summed E-state index contributed by atoms with van der Waals surface area (Å²) in [4.78, 5) is 1.34. The van der Waals surface area contributed by atoms with Gasteiger partial charge in [0.2, 0.25) is 0 Å². The summed E-state index contributed by atoms with van der Waals surface area (Å²) in [6, 6.07) is 0. The first-order chi connectivity index (χ1) is 6.89. The van der Waals surface area contributed by atoms with Gasteiger partial charge in [0, 0.05) is 0 Å². The Morgan fingerprint density at radius 3 is 1.60 bits per heavy atom. The summed E-state index contributed by atoms with van der Waals surface area (Å²) in [5.74, 6) is 0. The summed E-state index contributed by atoms with van der Waals surface area (Å²) >= 11 is 0.978. The van der Waals surface area contributed by atoms with Crippen molar-refractivity contribution in [2.45, 2.75) is 70.3 Å². The molecular weight excluding hydrogens is 294 g/mol. The standard InChI is InChI=1S/C9H21P.C4H7.Pd/c1-7(2)10(8(3)4)9(5)6;1-3-4-2;/h7-9H,1-6H3;3-4H,1H2,2H3;/q;;-1/p+1/b;4-3+;. The Bertz CT molecular complexity index is 173. The van der Waals surface area contributed by atoms with E-state index in [9.17, 15) is 0 Å². The molecule has 0 fully saturated rings. The van der Waals surface area contributed by atoms with E-state index < -0.39 is 5.45 Å². The van der Waals surface area contributed by atoms with Crippen molar-refractivity contribution in [3.8, 4) is 0 Å². The molecule has 0 amide bonds. The summed E-state index contributed by atoms with van der Waals surface area (Å²) in [5.41, 5.74) is 1.72. The van der Waals surface area contributed by atoms with Crippen molar-refractivity contribution in [2.24, 2.45) is 0 Å². The second-order valence-electron chi connectivity index (χ2n) is 5.05. The number of allylic oxidation sites excluding steroid dienone is 2. The molecule has 0 aromatic carbocycles. The molecule has 0 unspecified atom stereocenters. The van der Waals surface area contributed by atoms with E-state index >= 15 is 0 Å². The molecule has 96 valence electrons. The van der Waals surface area contributed by atoms with Gasteiger partial charge in [0.25, 0.3) is 0 Å². The third-order valence-electron chi connectivity index (χ3n) is 3.12. The zero-order valence-corrected chi connectivity index (χ0v) is 14.0. The molecule has 0 saturated carbocycles. The van der Waals surface area contributed by atoms with Gasteiger partial charge in [0.1, 0.15) is 0 Å². The van der Waals surface area contributed by atoms with Crippen molar-refractivity contribution in [3.05, 3.63) is 12.2 Å². The Labute approximate surface area is 105 Å². The molecular formula is C13H29PPd. The van der Waals surface area contributed by atoms with Crippen molar-refractivity contribution in [2.75, 3.05) is 0 Å². The van der Waals surface area contributed by atoms with Crippen LogP contribution in [0.15, 0.2) is 12.2 Å². The topological polar surface area (TPSA) is 0 Å². The van der Waals surface area contributed by atoms with E-state index in [2.05, 4.69) is 60.6 Å². The van der Waals surface area contributed by atoms with Crippen molar-refractivity contribution in [3.63, 3.8) is 0 Å². The predicted molar refractivity (Wildman–Crippen MR) is 73.3 cm³/mol. The Morgan fingerprint density at radius 2 is 1.33 bits per heavy atom. The van der Waals surface area contributed by atoms with Gasteiger partial charge in [0.05, 0.1) is 0 Å². The summed E-state index contributed by atoms with van der Waals surface area (Å²) in [5, 5.41) is 0. The maximum atomic E-state index is 2.46. The predicted octanol–water partition coefficient (Wildman–Crippen LogP) is 4.95. The quantitative estimate of drug-likeness (QED) is 0.368. The SMILES string of the molecule is C/C=C/[CH2][Pd][PH](C(C)C)(C(C)C)C(C)C. The normalized spacial score (nSPS) is 15.1. The van der Waals surface area contributed by atoms with Crippen LogP contribution in [0.1, 0.15) is 48.5 Å². The molecule has 0 aliphatic carbocycles. The van der Waals surface area contributed by atoms with E-state index in [1.54, 1.807) is 0 Å². The van der Waals surface area contributed by atoms with Crippen LogP contribution in [0.5, 0.6) is 0 Å². The minimum absolute atomic E-state index is 0.928. The number of hydrogen-bond acceptors (Lipinski definition) is 0. The van der Waals surface area contributed by atoms with E-state index in [0.717, 1.165) is 34.5 Å². The molecule has 0 atom stereocenters. The van der Waals surface area contributed by atoms with Gasteiger partial charge >= 0.3 is 105 Å². The fourth-order valence-electron chi connectivity index (χ4n) is 2.61. The monoisotopic (exact) mass is 322 g/mol.